The molecule has 76 valence electrons. The number of benzene rings is 1. The van der Waals surface area contributed by atoms with Crippen molar-refractivity contribution in [1.82, 2.24) is 0 Å². The summed E-state index contributed by atoms with van der Waals surface area (Å²) in [5, 5.41) is 0. The summed E-state index contributed by atoms with van der Waals surface area (Å²) in [6, 6.07) is 6.90. The number of anilines is 1. The summed E-state index contributed by atoms with van der Waals surface area (Å²) in [4.78, 5) is 3.90. The summed E-state index contributed by atoms with van der Waals surface area (Å²) < 4.78 is 0. The number of rotatable bonds is 3. The second-order valence-electron chi connectivity index (χ2n) is 3.56. The Bertz CT molecular complexity index is 318. The van der Waals surface area contributed by atoms with Crippen LogP contribution in [0.1, 0.15) is 19.4 Å². The van der Waals surface area contributed by atoms with Crippen LogP contribution in [0.5, 0.6) is 0 Å². The predicted molar refractivity (Wildman–Crippen MR) is 64.4 cm³/mol. The van der Waals surface area contributed by atoms with Gasteiger partial charge < -0.3 is 4.90 Å². The van der Waals surface area contributed by atoms with E-state index in [-0.39, 0.29) is 0 Å². The number of hydrogen-bond donors (Lipinski definition) is 0. The number of fused-ring (bicyclic) bond motifs is 1. The molecule has 0 aliphatic carbocycles. The van der Waals surface area contributed by atoms with Crippen molar-refractivity contribution in [2.45, 2.75) is 25.2 Å². The second-order valence-corrected chi connectivity index (χ2v) is 4.70. The van der Waals surface area contributed by atoms with Crippen molar-refractivity contribution in [3.05, 3.63) is 23.8 Å². The van der Waals surface area contributed by atoms with Gasteiger partial charge in [0, 0.05) is 29.4 Å². The standard InChI is InChI=1S/C12H17NS/c1-3-13(4-2)11-6-5-10-7-8-14-12(10)9-11/h5-6,9H,3-4,7-8H2,1-2H3. The van der Waals surface area contributed by atoms with Gasteiger partial charge in [0.25, 0.3) is 0 Å². The fourth-order valence-electron chi connectivity index (χ4n) is 1.94. The van der Waals surface area contributed by atoms with Crippen molar-refractivity contribution in [2.75, 3.05) is 23.7 Å². The van der Waals surface area contributed by atoms with Gasteiger partial charge in [0.15, 0.2) is 0 Å². The molecule has 0 saturated carbocycles. The first kappa shape index (κ1) is 9.91. The molecule has 0 unspecified atom stereocenters. The first-order valence-electron chi connectivity index (χ1n) is 5.35. The lowest BCUT2D eigenvalue weighted by molar-refractivity contribution is 0.863. The number of aryl methyl sites for hydroxylation is 1. The summed E-state index contributed by atoms with van der Waals surface area (Å²) in [5.74, 6) is 1.26. The third-order valence-corrected chi connectivity index (χ3v) is 3.91. The quantitative estimate of drug-likeness (QED) is 0.749. The third kappa shape index (κ3) is 1.76. The van der Waals surface area contributed by atoms with Gasteiger partial charge in [-0.1, -0.05) is 6.07 Å². The highest BCUT2D eigenvalue weighted by Gasteiger charge is 2.12. The largest absolute Gasteiger partial charge is 0.372 e. The molecule has 0 fully saturated rings. The molecular formula is C12H17NS. The summed E-state index contributed by atoms with van der Waals surface area (Å²) in [6.45, 7) is 6.62. The first-order chi connectivity index (χ1) is 6.85. The molecule has 1 nitrogen and oxygen atoms in total. The summed E-state index contributed by atoms with van der Waals surface area (Å²) in [6.07, 6.45) is 1.25. The molecule has 0 radical (unpaired) electrons. The third-order valence-electron chi connectivity index (χ3n) is 2.81. The summed E-state index contributed by atoms with van der Waals surface area (Å²) in [7, 11) is 0. The van der Waals surface area contributed by atoms with Crippen molar-refractivity contribution >= 4 is 17.4 Å². The Balaban J connectivity index is 2.27. The van der Waals surface area contributed by atoms with E-state index >= 15 is 0 Å². The maximum atomic E-state index is 2.40. The summed E-state index contributed by atoms with van der Waals surface area (Å²) in [5.41, 5.74) is 2.91. The smallest absolute Gasteiger partial charge is 0.0377 e. The maximum Gasteiger partial charge on any atom is 0.0377 e. The molecule has 0 bridgehead atoms. The van der Waals surface area contributed by atoms with Crippen LogP contribution < -0.4 is 4.90 Å². The molecule has 1 aromatic rings. The van der Waals surface area contributed by atoms with Crippen molar-refractivity contribution in [2.24, 2.45) is 0 Å². The van der Waals surface area contributed by atoms with E-state index in [1.54, 1.807) is 0 Å². The van der Waals surface area contributed by atoms with Crippen molar-refractivity contribution < 1.29 is 0 Å². The lowest BCUT2D eigenvalue weighted by atomic mass is 10.1. The monoisotopic (exact) mass is 207 g/mol. The first-order valence-corrected chi connectivity index (χ1v) is 6.34. The van der Waals surface area contributed by atoms with Crippen LogP contribution in [0.3, 0.4) is 0 Å². The Morgan fingerprint density at radius 1 is 1.29 bits per heavy atom. The average Bonchev–Trinajstić information content (AvgIpc) is 2.66. The van der Waals surface area contributed by atoms with Gasteiger partial charge in [0.2, 0.25) is 0 Å². The van der Waals surface area contributed by atoms with Crippen LogP contribution in [-0.4, -0.2) is 18.8 Å². The Labute approximate surface area is 90.5 Å². The average molecular weight is 207 g/mol. The minimum absolute atomic E-state index is 1.10. The van der Waals surface area contributed by atoms with E-state index in [4.69, 9.17) is 0 Å². The van der Waals surface area contributed by atoms with Gasteiger partial charge in [0.1, 0.15) is 0 Å². The van der Waals surface area contributed by atoms with Gasteiger partial charge >= 0.3 is 0 Å². The number of thioether (sulfide) groups is 1. The lowest BCUT2D eigenvalue weighted by Crippen LogP contribution is -2.21. The maximum absolute atomic E-state index is 2.40. The van der Waals surface area contributed by atoms with Gasteiger partial charge in [-0.25, -0.2) is 0 Å². The van der Waals surface area contributed by atoms with E-state index in [2.05, 4.69) is 36.9 Å². The Kier molecular flexibility index (Phi) is 3.02. The SMILES string of the molecule is CCN(CC)c1ccc2c(c1)SCC2. The van der Waals surface area contributed by atoms with Crippen LogP contribution in [0.4, 0.5) is 5.69 Å². The molecule has 2 rings (SSSR count). The molecular weight excluding hydrogens is 190 g/mol. The lowest BCUT2D eigenvalue weighted by Gasteiger charge is -2.21. The molecule has 0 spiro atoms. The zero-order valence-electron chi connectivity index (χ0n) is 8.92. The molecule has 2 heteroatoms. The highest BCUT2D eigenvalue weighted by Crippen LogP contribution is 2.34. The molecule has 0 aromatic heterocycles. The van der Waals surface area contributed by atoms with Crippen LogP contribution in [0.25, 0.3) is 0 Å². The van der Waals surface area contributed by atoms with E-state index in [1.165, 1.54) is 28.3 Å². The van der Waals surface area contributed by atoms with Crippen LogP contribution >= 0.6 is 11.8 Å². The van der Waals surface area contributed by atoms with Gasteiger partial charge in [-0.3, -0.25) is 0 Å². The van der Waals surface area contributed by atoms with Crippen molar-refractivity contribution in [1.29, 1.82) is 0 Å². The molecule has 0 amide bonds. The predicted octanol–water partition coefficient (Wildman–Crippen LogP) is 3.18. The van der Waals surface area contributed by atoms with Gasteiger partial charge in [-0.15, -0.1) is 11.8 Å². The van der Waals surface area contributed by atoms with E-state index in [0.29, 0.717) is 0 Å². The molecule has 1 heterocycles. The summed E-state index contributed by atoms with van der Waals surface area (Å²) >= 11 is 1.99. The van der Waals surface area contributed by atoms with Gasteiger partial charge in [0.05, 0.1) is 0 Å². The molecule has 0 atom stereocenters. The van der Waals surface area contributed by atoms with Crippen LogP contribution in [-0.2, 0) is 6.42 Å². The molecule has 1 aliphatic heterocycles. The number of nitrogens with zero attached hydrogens (tertiary/aromatic N) is 1. The molecule has 1 aliphatic rings. The fourth-order valence-corrected chi connectivity index (χ4v) is 3.04. The minimum Gasteiger partial charge on any atom is -0.372 e. The zero-order valence-corrected chi connectivity index (χ0v) is 9.73. The van der Waals surface area contributed by atoms with E-state index in [1.807, 2.05) is 11.8 Å². The highest BCUT2D eigenvalue weighted by molar-refractivity contribution is 7.99. The van der Waals surface area contributed by atoms with Crippen LogP contribution in [0.2, 0.25) is 0 Å². The van der Waals surface area contributed by atoms with Gasteiger partial charge in [-0.2, -0.15) is 0 Å². The number of hydrogen-bond acceptors (Lipinski definition) is 2. The Morgan fingerprint density at radius 2 is 2.07 bits per heavy atom. The van der Waals surface area contributed by atoms with Gasteiger partial charge in [-0.05, 0) is 38.0 Å². The molecule has 14 heavy (non-hydrogen) atoms. The Morgan fingerprint density at radius 3 is 2.79 bits per heavy atom. The minimum atomic E-state index is 1.10. The molecule has 0 saturated heterocycles. The van der Waals surface area contributed by atoms with E-state index in [0.717, 1.165) is 13.1 Å². The van der Waals surface area contributed by atoms with E-state index < -0.39 is 0 Å². The zero-order chi connectivity index (χ0) is 9.97. The van der Waals surface area contributed by atoms with Crippen LogP contribution in [0, 0.1) is 0 Å². The van der Waals surface area contributed by atoms with Crippen molar-refractivity contribution in [3.8, 4) is 0 Å². The normalized spacial score (nSPS) is 14.1. The van der Waals surface area contributed by atoms with E-state index in [9.17, 15) is 0 Å². The second kappa shape index (κ2) is 4.26. The topological polar surface area (TPSA) is 3.24 Å². The highest BCUT2D eigenvalue weighted by atomic mass is 32.2. The Hall–Kier alpha value is -0.630. The van der Waals surface area contributed by atoms with Crippen molar-refractivity contribution in [3.63, 3.8) is 0 Å². The van der Waals surface area contributed by atoms with Crippen LogP contribution in [0.15, 0.2) is 23.1 Å². The molecule has 0 N–H and O–H groups in total. The molecule has 1 aromatic carbocycles. The fraction of sp³-hybridized carbons (Fsp3) is 0.500.